The zero-order valence-electron chi connectivity index (χ0n) is 17.9. The number of non-ortho nitro benzene ring substituents is 1. The highest BCUT2D eigenvalue weighted by molar-refractivity contribution is 6.02. The lowest BCUT2D eigenvalue weighted by Crippen LogP contribution is -2.10. The molecular weight excluding hydrogens is 418 g/mol. The van der Waals surface area contributed by atoms with E-state index in [1.165, 1.54) is 12.1 Å². The quantitative estimate of drug-likeness (QED) is 0.341. The number of aromatic nitrogens is 2. The van der Waals surface area contributed by atoms with E-state index in [0.717, 1.165) is 39.5 Å². The van der Waals surface area contributed by atoms with E-state index in [0.29, 0.717) is 6.42 Å². The fourth-order valence-corrected chi connectivity index (χ4v) is 3.91. The zero-order valence-corrected chi connectivity index (χ0v) is 17.9. The first-order valence-corrected chi connectivity index (χ1v) is 10.5. The molecule has 1 aromatic heterocycles. The van der Waals surface area contributed by atoms with Gasteiger partial charge in [0.1, 0.15) is 5.75 Å². The maximum absolute atomic E-state index is 11.1. The maximum Gasteiger partial charge on any atom is 0.269 e. The van der Waals surface area contributed by atoms with Crippen molar-refractivity contribution in [3.05, 3.63) is 106 Å². The highest BCUT2D eigenvalue weighted by Crippen LogP contribution is 2.34. The van der Waals surface area contributed by atoms with Crippen molar-refractivity contribution >= 4 is 11.4 Å². The van der Waals surface area contributed by atoms with Crippen LogP contribution in [0.15, 0.2) is 90.2 Å². The van der Waals surface area contributed by atoms with Crippen LogP contribution in [-0.4, -0.2) is 27.5 Å². The lowest BCUT2D eigenvalue weighted by atomic mass is 9.97. The van der Waals surface area contributed by atoms with Gasteiger partial charge in [-0.25, -0.2) is 4.68 Å². The summed E-state index contributed by atoms with van der Waals surface area (Å²) in [5, 5.41) is 20.5. The molecule has 8 heteroatoms. The van der Waals surface area contributed by atoms with Gasteiger partial charge in [0.15, 0.2) is 0 Å². The van der Waals surface area contributed by atoms with E-state index in [9.17, 15) is 10.1 Å². The van der Waals surface area contributed by atoms with Crippen molar-refractivity contribution in [3.63, 3.8) is 0 Å². The van der Waals surface area contributed by atoms with Gasteiger partial charge in [-0.05, 0) is 54.1 Å². The number of nitro groups is 1. The zero-order chi connectivity index (χ0) is 22.8. The lowest BCUT2D eigenvalue weighted by Gasteiger charge is -2.10. The first-order chi connectivity index (χ1) is 16.1. The summed E-state index contributed by atoms with van der Waals surface area (Å²) in [5.41, 5.74) is 8.75. The number of hydrazone groups is 1. The fourth-order valence-electron chi connectivity index (χ4n) is 3.91. The second-order valence-electron chi connectivity index (χ2n) is 7.69. The molecule has 0 bridgehead atoms. The number of nitro benzene ring substituents is 1. The van der Waals surface area contributed by atoms with Crippen LogP contribution in [0.2, 0.25) is 0 Å². The molecule has 3 aromatic carbocycles. The average Bonchev–Trinajstić information content (AvgIpc) is 3.52. The summed E-state index contributed by atoms with van der Waals surface area (Å²) in [6.45, 7) is 0. The molecule has 1 N–H and O–H groups in total. The summed E-state index contributed by atoms with van der Waals surface area (Å²) in [6.07, 6.45) is 2.68. The van der Waals surface area contributed by atoms with Gasteiger partial charge in [-0.3, -0.25) is 10.1 Å². The van der Waals surface area contributed by atoms with E-state index in [4.69, 9.17) is 9.84 Å². The number of nitrogens with zero attached hydrogens (tertiary/aromatic N) is 4. The summed E-state index contributed by atoms with van der Waals surface area (Å²) in [7, 11) is 1.64. The summed E-state index contributed by atoms with van der Waals surface area (Å²) in [4.78, 5) is 10.7. The van der Waals surface area contributed by atoms with Crippen LogP contribution in [-0.2, 0) is 0 Å². The summed E-state index contributed by atoms with van der Waals surface area (Å²) < 4.78 is 7.08. The molecule has 1 aliphatic heterocycles. The van der Waals surface area contributed by atoms with Crippen molar-refractivity contribution in [2.45, 2.75) is 12.5 Å². The number of benzene rings is 3. The van der Waals surface area contributed by atoms with Crippen molar-refractivity contribution in [2.24, 2.45) is 5.10 Å². The van der Waals surface area contributed by atoms with Gasteiger partial charge >= 0.3 is 0 Å². The molecule has 2 heterocycles. The van der Waals surface area contributed by atoms with E-state index in [-0.39, 0.29) is 11.7 Å². The van der Waals surface area contributed by atoms with Crippen LogP contribution in [0.5, 0.6) is 5.75 Å². The average molecular weight is 439 g/mol. The minimum absolute atomic E-state index is 0.0481. The molecule has 0 spiro atoms. The van der Waals surface area contributed by atoms with E-state index >= 15 is 0 Å². The second-order valence-corrected chi connectivity index (χ2v) is 7.69. The Morgan fingerprint density at radius 2 is 1.70 bits per heavy atom. The lowest BCUT2D eigenvalue weighted by molar-refractivity contribution is -0.384. The van der Waals surface area contributed by atoms with Crippen molar-refractivity contribution in [1.82, 2.24) is 15.2 Å². The Labute approximate surface area is 190 Å². The summed E-state index contributed by atoms with van der Waals surface area (Å²) >= 11 is 0. The van der Waals surface area contributed by atoms with Crippen LogP contribution in [0.1, 0.15) is 23.6 Å². The molecule has 0 fully saturated rings. The number of ether oxygens (including phenoxy) is 1. The molecular formula is C25H21N5O3. The van der Waals surface area contributed by atoms with Crippen molar-refractivity contribution < 1.29 is 9.66 Å². The van der Waals surface area contributed by atoms with Crippen LogP contribution >= 0.6 is 0 Å². The number of rotatable bonds is 6. The number of methoxy groups -OCH3 is 1. The monoisotopic (exact) mass is 439 g/mol. The Kier molecular flexibility index (Phi) is 5.32. The predicted molar refractivity (Wildman–Crippen MR) is 126 cm³/mol. The minimum Gasteiger partial charge on any atom is -0.497 e. The third-order valence-electron chi connectivity index (χ3n) is 5.67. The molecule has 0 amide bonds. The number of para-hydroxylation sites is 1. The molecule has 0 saturated heterocycles. The maximum atomic E-state index is 11.1. The molecule has 8 nitrogen and oxygen atoms in total. The van der Waals surface area contributed by atoms with E-state index in [1.54, 1.807) is 19.2 Å². The molecule has 4 aromatic rings. The highest BCUT2D eigenvalue weighted by atomic mass is 16.6. The first kappa shape index (κ1) is 20.4. The molecule has 0 saturated carbocycles. The van der Waals surface area contributed by atoms with Gasteiger partial charge in [0.05, 0.1) is 35.2 Å². The van der Waals surface area contributed by atoms with Crippen LogP contribution in [0.3, 0.4) is 0 Å². The smallest absolute Gasteiger partial charge is 0.269 e. The minimum atomic E-state index is -0.402. The Morgan fingerprint density at radius 3 is 2.36 bits per heavy atom. The summed E-state index contributed by atoms with van der Waals surface area (Å²) in [5.74, 6) is 0.798. The highest BCUT2D eigenvalue weighted by Gasteiger charge is 2.27. The molecule has 33 heavy (non-hydrogen) atoms. The van der Waals surface area contributed by atoms with Gasteiger partial charge in [-0.2, -0.15) is 10.2 Å². The Bertz CT molecular complexity index is 1310. The number of hydrogen-bond donors (Lipinski definition) is 1. The fraction of sp³-hybridized carbons (Fsp3) is 0.120. The van der Waals surface area contributed by atoms with Crippen LogP contribution in [0.25, 0.3) is 16.9 Å². The Balaban J connectivity index is 1.49. The van der Waals surface area contributed by atoms with Gasteiger partial charge in [-0.15, -0.1) is 0 Å². The van der Waals surface area contributed by atoms with Crippen molar-refractivity contribution in [2.75, 3.05) is 7.11 Å². The molecule has 1 unspecified atom stereocenters. The molecule has 164 valence electrons. The second kappa shape index (κ2) is 8.58. The third kappa shape index (κ3) is 4.06. The molecule has 0 aliphatic carbocycles. The molecule has 1 aliphatic rings. The van der Waals surface area contributed by atoms with Crippen LogP contribution in [0.4, 0.5) is 5.69 Å². The van der Waals surface area contributed by atoms with E-state index in [2.05, 4.69) is 10.5 Å². The van der Waals surface area contributed by atoms with E-state index < -0.39 is 4.92 Å². The normalized spacial score (nSPS) is 15.1. The van der Waals surface area contributed by atoms with Gasteiger partial charge < -0.3 is 10.2 Å². The van der Waals surface area contributed by atoms with Crippen LogP contribution in [0, 0.1) is 10.1 Å². The molecule has 1 atom stereocenters. The molecule has 5 rings (SSSR count). The van der Waals surface area contributed by atoms with Crippen LogP contribution < -0.4 is 10.2 Å². The third-order valence-corrected chi connectivity index (χ3v) is 5.67. The first-order valence-electron chi connectivity index (χ1n) is 10.5. The van der Waals surface area contributed by atoms with Gasteiger partial charge in [0, 0.05) is 35.9 Å². The number of nitrogens with one attached hydrogen (secondary N) is 1. The standard InChI is InChI=1S/C25H21N5O3/c1-33-21-13-9-17(10-14-21)23-15-24(27-26-23)22-16-29(19-5-3-2-4-6-19)28-25(22)18-7-11-20(12-8-18)30(31)32/h2-14,16,24,27H,15H2,1H3. The number of hydrogen-bond acceptors (Lipinski definition) is 6. The topological polar surface area (TPSA) is 94.6 Å². The van der Waals surface area contributed by atoms with E-state index in [1.807, 2.05) is 65.5 Å². The van der Waals surface area contributed by atoms with Gasteiger partial charge in [-0.1, -0.05) is 18.2 Å². The SMILES string of the molecule is COc1ccc(C2=NNC(c3cn(-c4ccccc4)nc3-c3ccc([N+](=O)[O-])cc3)C2)cc1. The Hall–Kier alpha value is -4.46. The van der Waals surface area contributed by atoms with Crippen molar-refractivity contribution in [1.29, 1.82) is 0 Å². The van der Waals surface area contributed by atoms with Gasteiger partial charge in [0.2, 0.25) is 0 Å². The van der Waals surface area contributed by atoms with Gasteiger partial charge in [0.25, 0.3) is 5.69 Å². The summed E-state index contributed by atoms with van der Waals surface area (Å²) in [6, 6.07) is 24.1. The molecule has 0 radical (unpaired) electrons. The predicted octanol–water partition coefficient (Wildman–Crippen LogP) is 4.89. The Morgan fingerprint density at radius 1 is 1.00 bits per heavy atom. The largest absolute Gasteiger partial charge is 0.497 e. The van der Waals surface area contributed by atoms with Crippen molar-refractivity contribution in [3.8, 4) is 22.7 Å².